The Morgan fingerprint density at radius 1 is 0.667 bits per heavy atom. The number of hydrogen-bond acceptors (Lipinski definition) is 3. The second-order valence-corrected chi connectivity index (χ2v) is 3.87. The Bertz CT molecular complexity index is 581. The third-order valence-electron chi connectivity index (χ3n) is 2.66. The Labute approximate surface area is 105 Å². The third kappa shape index (κ3) is 2.11. The van der Waals surface area contributed by atoms with Gasteiger partial charge in [-0.3, -0.25) is 0 Å². The molecule has 0 bridgehead atoms. The van der Waals surface area contributed by atoms with Crippen molar-refractivity contribution in [2.24, 2.45) is 0 Å². The average molecular weight is 233 g/mol. The van der Waals surface area contributed by atoms with E-state index in [0.29, 0.717) is 0 Å². The molecule has 0 radical (unpaired) electrons. The van der Waals surface area contributed by atoms with E-state index in [-0.39, 0.29) is 0 Å². The molecule has 0 saturated carbocycles. The molecule has 0 aliphatic heterocycles. The Balaban J connectivity index is 2.05. The van der Waals surface area contributed by atoms with Crippen molar-refractivity contribution in [1.82, 2.24) is 15.0 Å². The monoisotopic (exact) mass is 233 g/mol. The Morgan fingerprint density at radius 2 is 1.50 bits per heavy atom. The minimum Gasteiger partial charge on any atom is -0.246 e. The maximum Gasteiger partial charge on any atom is 0.116 e. The predicted octanol–water partition coefficient (Wildman–Crippen LogP) is 3.21. The SMILES string of the molecule is c1ccc(-c2cccc(-c3ccncn3)n2)cc1. The number of benzene rings is 1. The average Bonchev–Trinajstić information content (AvgIpc) is 2.49. The van der Waals surface area contributed by atoms with Crippen LogP contribution in [0.25, 0.3) is 22.6 Å². The molecule has 1 aromatic carbocycles. The van der Waals surface area contributed by atoms with Gasteiger partial charge >= 0.3 is 0 Å². The molecule has 18 heavy (non-hydrogen) atoms. The number of hydrogen-bond donors (Lipinski definition) is 0. The Hall–Kier alpha value is -2.55. The van der Waals surface area contributed by atoms with Crippen LogP contribution in [0.1, 0.15) is 0 Å². The zero-order valence-corrected chi connectivity index (χ0v) is 9.69. The zero-order chi connectivity index (χ0) is 12.2. The van der Waals surface area contributed by atoms with Gasteiger partial charge in [-0.2, -0.15) is 0 Å². The normalized spacial score (nSPS) is 10.2. The van der Waals surface area contributed by atoms with Crippen molar-refractivity contribution < 1.29 is 0 Å². The van der Waals surface area contributed by atoms with E-state index in [1.165, 1.54) is 6.33 Å². The highest BCUT2D eigenvalue weighted by atomic mass is 14.8. The molecule has 2 aromatic heterocycles. The van der Waals surface area contributed by atoms with E-state index in [1.54, 1.807) is 6.20 Å². The van der Waals surface area contributed by atoms with Crippen LogP contribution < -0.4 is 0 Å². The highest BCUT2D eigenvalue weighted by molar-refractivity contribution is 5.63. The zero-order valence-electron chi connectivity index (χ0n) is 9.69. The van der Waals surface area contributed by atoms with Crippen molar-refractivity contribution in [2.75, 3.05) is 0 Å². The fourth-order valence-electron chi connectivity index (χ4n) is 1.79. The second kappa shape index (κ2) is 4.75. The fourth-order valence-corrected chi connectivity index (χ4v) is 1.79. The van der Waals surface area contributed by atoms with Crippen molar-refractivity contribution in [2.45, 2.75) is 0 Å². The maximum absolute atomic E-state index is 4.62. The summed E-state index contributed by atoms with van der Waals surface area (Å²) in [6.07, 6.45) is 3.26. The van der Waals surface area contributed by atoms with Crippen LogP contribution in [0.4, 0.5) is 0 Å². The minimum absolute atomic E-state index is 0.836. The van der Waals surface area contributed by atoms with E-state index >= 15 is 0 Å². The van der Waals surface area contributed by atoms with Gasteiger partial charge in [-0.25, -0.2) is 15.0 Å². The largest absolute Gasteiger partial charge is 0.246 e. The lowest BCUT2D eigenvalue weighted by atomic mass is 10.1. The van der Waals surface area contributed by atoms with E-state index in [4.69, 9.17) is 0 Å². The van der Waals surface area contributed by atoms with Crippen LogP contribution in [-0.4, -0.2) is 15.0 Å². The summed E-state index contributed by atoms with van der Waals surface area (Å²) in [5, 5.41) is 0. The molecule has 3 nitrogen and oxygen atoms in total. The summed E-state index contributed by atoms with van der Waals surface area (Å²) in [5.41, 5.74) is 3.75. The summed E-state index contributed by atoms with van der Waals surface area (Å²) in [6, 6.07) is 17.9. The van der Waals surface area contributed by atoms with E-state index in [9.17, 15) is 0 Å². The molecule has 3 heteroatoms. The van der Waals surface area contributed by atoms with Crippen molar-refractivity contribution in [3.8, 4) is 22.6 Å². The maximum atomic E-state index is 4.62. The lowest BCUT2D eigenvalue weighted by Crippen LogP contribution is -1.90. The van der Waals surface area contributed by atoms with Gasteiger partial charge in [0.15, 0.2) is 0 Å². The number of rotatable bonds is 2. The topological polar surface area (TPSA) is 38.7 Å². The van der Waals surface area contributed by atoms with Gasteiger partial charge in [-0.1, -0.05) is 36.4 Å². The first-order chi connectivity index (χ1) is 8.93. The molecule has 3 aromatic rings. The second-order valence-electron chi connectivity index (χ2n) is 3.87. The molecule has 0 amide bonds. The highest BCUT2D eigenvalue weighted by Crippen LogP contribution is 2.20. The standard InChI is InChI=1S/C15H11N3/c1-2-5-12(6-3-1)13-7-4-8-15(18-13)14-9-10-16-11-17-14/h1-11H. The van der Waals surface area contributed by atoms with E-state index < -0.39 is 0 Å². The summed E-state index contributed by atoms with van der Waals surface area (Å²) >= 11 is 0. The van der Waals surface area contributed by atoms with E-state index in [2.05, 4.69) is 15.0 Å². The predicted molar refractivity (Wildman–Crippen MR) is 70.7 cm³/mol. The summed E-state index contributed by atoms with van der Waals surface area (Å²) in [7, 11) is 0. The highest BCUT2D eigenvalue weighted by Gasteiger charge is 2.03. The number of pyridine rings is 1. The molecule has 0 saturated heterocycles. The summed E-state index contributed by atoms with van der Waals surface area (Å²) in [5.74, 6) is 0. The van der Waals surface area contributed by atoms with Gasteiger partial charge in [0, 0.05) is 11.8 Å². The smallest absolute Gasteiger partial charge is 0.116 e. The quantitative estimate of drug-likeness (QED) is 0.682. The fraction of sp³-hybridized carbons (Fsp3) is 0. The van der Waals surface area contributed by atoms with Crippen molar-refractivity contribution in [1.29, 1.82) is 0 Å². The molecule has 2 heterocycles. The van der Waals surface area contributed by atoms with Gasteiger partial charge in [0.1, 0.15) is 6.33 Å². The molecule has 0 aliphatic carbocycles. The number of aromatic nitrogens is 3. The lowest BCUT2D eigenvalue weighted by molar-refractivity contribution is 1.15. The molecule has 86 valence electrons. The molecule has 0 atom stereocenters. The van der Waals surface area contributed by atoms with Crippen LogP contribution in [0.3, 0.4) is 0 Å². The Kier molecular flexibility index (Phi) is 2.80. The first-order valence-electron chi connectivity index (χ1n) is 5.72. The van der Waals surface area contributed by atoms with Gasteiger partial charge in [0.2, 0.25) is 0 Å². The molecule has 0 fully saturated rings. The van der Waals surface area contributed by atoms with Crippen LogP contribution >= 0.6 is 0 Å². The molecular formula is C15H11N3. The van der Waals surface area contributed by atoms with Crippen molar-refractivity contribution in [3.05, 3.63) is 67.1 Å². The van der Waals surface area contributed by atoms with Crippen LogP contribution in [0.2, 0.25) is 0 Å². The summed E-state index contributed by atoms with van der Waals surface area (Å²) in [6.45, 7) is 0. The molecule has 0 N–H and O–H groups in total. The van der Waals surface area contributed by atoms with Gasteiger partial charge in [0.05, 0.1) is 17.1 Å². The minimum atomic E-state index is 0.836. The van der Waals surface area contributed by atoms with Gasteiger partial charge in [-0.05, 0) is 18.2 Å². The van der Waals surface area contributed by atoms with Gasteiger partial charge in [-0.15, -0.1) is 0 Å². The molecule has 3 rings (SSSR count). The van der Waals surface area contributed by atoms with E-state index in [0.717, 1.165) is 22.6 Å². The first kappa shape index (κ1) is 10.6. The van der Waals surface area contributed by atoms with Gasteiger partial charge < -0.3 is 0 Å². The van der Waals surface area contributed by atoms with Crippen LogP contribution in [0, 0.1) is 0 Å². The van der Waals surface area contributed by atoms with Crippen molar-refractivity contribution in [3.63, 3.8) is 0 Å². The van der Waals surface area contributed by atoms with Crippen LogP contribution in [0.5, 0.6) is 0 Å². The van der Waals surface area contributed by atoms with Crippen molar-refractivity contribution >= 4 is 0 Å². The lowest BCUT2D eigenvalue weighted by Gasteiger charge is -2.03. The first-order valence-corrected chi connectivity index (χ1v) is 5.72. The summed E-state index contributed by atoms with van der Waals surface area (Å²) in [4.78, 5) is 12.7. The molecule has 0 aliphatic rings. The molecule has 0 spiro atoms. The molecule has 0 unspecified atom stereocenters. The van der Waals surface area contributed by atoms with E-state index in [1.807, 2.05) is 54.6 Å². The third-order valence-corrected chi connectivity index (χ3v) is 2.66. The Morgan fingerprint density at radius 3 is 2.28 bits per heavy atom. The van der Waals surface area contributed by atoms with Crippen LogP contribution in [-0.2, 0) is 0 Å². The number of nitrogens with zero attached hydrogens (tertiary/aromatic N) is 3. The summed E-state index contributed by atoms with van der Waals surface area (Å²) < 4.78 is 0. The molecular weight excluding hydrogens is 222 g/mol. The van der Waals surface area contributed by atoms with Gasteiger partial charge in [0.25, 0.3) is 0 Å². The van der Waals surface area contributed by atoms with Crippen LogP contribution in [0.15, 0.2) is 67.1 Å².